The quantitative estimate of drug-likeness (QED) is 0.584. The van der Waals surface area contributed by atoms with Gasteiger partial charge in [-0.15, -0.1) is 0 Å². The molecule has 0 radical (unpaired) electrons. The van der Waals surface area contributed by atoms with Crippen molar-refractivity contribution in [2.45, 2.75) is 26.3 Å². The molecule has 0 aliphatic rings. The molecule has 0 atom stereocenters. The molecule has 108 valence electrons. The molecule has 0 aliphatic carbocycles. The smallest absolute Gasteiger partial charge is 0.220 e. The molecule has 4 heteroatoms. The number of hydrogen-bond donors (Lipinski definition) is 2. The maximum absolute atomic E-state index is 11.6. The topological polar surface area (TPSA) is 64.3 Å². The lowest BCUT2D eigenvalue weighted by Crippen LogP contribution is -2.22. The first kappa shape index (κ1) is 16.2. The van der Waals surface area contributed by atoms with Crippen molar-refractivity contribution in [1.82, 2.24) is 5.32 Å². The molecule has 0 spiro atoms. The zero-order chi connectivity index (χ0) is 14.6. The molecule has 0 saturated heterocycles. The van der Waals surface area contributed by atoms with Gasteiger partial charge < -0.3 is 15.8 Å². The van der Waals surface area contributed by atoms with Gasteiger partial charge in [-0.2, -0.15) is 0 Å². The highest BCUT2D eigenvalue weighted by Crippen LogP contribution is 2.03. The van der Waals surface area contributed by atoms with Crippen molar-refractivity contribution >= 4 is 5.91 Å². The standard InChI is InChI=1S/C16H22N2O2/c1-2-20-12-4-6-16(19)18-13-15-9-7-14(8-10-15)5-3-11-17/h7-10H,2,4,6,11-13,17H2,1H3,(H,18,19). The Morgan fingerprint density at radius 3 is 2.75 bits per heavy atom. The summed E-state index contributed by atoms with van der Waals surface area (Å²) in [5, 5.41) is 2.89. The minimum atomic E-state index is 0.0525. The number of ether oxygens (including phenoxy) is 1. The summed E-state index contributed by atoms with van der Waals surface area (Å²) in [6.07, 6.45) is 1.26. The Balaban J connectivity index is 2.29. The molecule has 4 nitrogen and oxygen atoms in total. The van der Waals surface area contributed by atoms with Crippen molar-refractivity contribution in [3.63, 3.8) is 0 Å². The summed E-state index contributed by atoms with van der Waals surface area (Å²) in [6, 6.07) is 7.78. The summed E-state index contributed by atoms with van der Waals surface area (Å²) < 4.78 is 5.19. The van der Waals surface area contributed by atoms with Crippen LogP contribution in [0.2, 0.25) is 0 Å². The minimum Gasteiger partial charge on any atom is -0.382 e. The highest BCUT2D eigenvalue weighted by molar-refractivity contribution is 5.75. The molecule has 1 aromatic carbocycles. The Hall–Kier alpha value is -1.83. The van der Waals surface area contributed by atoms with Crippen molar-refractivity contribution in [2.24, 2.45) is 5.73 Å². The van der Waals surface area contributed by atoms with Gasteiger partial charge in [-0.1, -0.05) is 24.0 Å². The number of benzene rings is 1. The van der Waals surface area contributed by atoms with Crippen LogP contribution in [-0.2, 0) is 16.1 Å². The van der Waals surface area contributed by atoms with Crippen molar-refractivity contribution in [3.8, 4) is 11.8 Å². The fraction of sp³-hybridized carbons (Fsp3) is 0.438. The second-order valence-corrected chi connectivity index (χ2v) is 4.28. The lowest BCUT2D eigenvalue weighted by Gasteiger charge is -2.05. The number of carbonyl (C=O) groups excluding carboxylic acids is 1. The van der Waals surface area contributed by atoms with Gasteiger partial charge in [-0.25, -0.2) is 0 Å². The molecule has 3 N–H and O–H groups in total. The van der Waals surface area contributed by atoms with Gasteiger partial charge >= 0.3 is 0 Å². The fourth-order valence-electron chi connectivity index (χ4n) is 1.63. The third-order valence-corrected chi connectivity index (χ3v) is 2.68. The molecule has 1 amide bonds. The Labute approximate surface area is 120 Å². The Morgan fingerprint density at radius 2 is 2.10 bits per heavy atom. The number of carbonyl (C=O) groups is 1. The zero-order valence-corrected chi connectivity index (χ0v) is 11.9. The van der Waals surface area contributed by atoms with E-state index in [4.69, 9.17) is 10.5 Å². The van der Waals surface area contributed by atoms with Crippen LogP contribution in [0.1, 0.15) is 30.9 Å². The monoisotopic (exact) mass is 274 g/mol. The normalized spacial score (nSPS) is 9.70. The van der Waals surface area contributed by atoms with E-state index in [0.717, 1.165) is 17.5 Å². The van der Waals surface area contributed by atoms with Gasteiger partial charge in [-0.3, -0.25) is 4.79 Å². The van der Waals surface area contributed by atoms with Crippen molar-refractivity contribution < 1.29 is 9.53 Å². The molecular formula is C16H22N2O2. The lowest BCUT2D eigenvalue weighted by molar-refractivity contribution is -0.121. The number of nitrogens with one attached hydrogen (secondary N) is 1. The average Bonchev–Trinajstić information content (AvgIpc) is 2.48. The highest BCUT2D eigenvalue weighted by atomic mass is 16.5. The first-order valence-corrected chi connectivity index (χ1v) is 6.88. The molecule has 0 saturated carbocycles. The van der Waals surface area contributed by atoms with Crippen molar-refractivity contribution in [2.75, 3.05) is 19.8 Å². The largest absolute Gasteiger partial charge is 0.382 e. The molecule has 0 unspecified atom stereocenters. The number of nitrogens with two attached hydrogens (primary N) is 1. The van der Waals surface area contributed by atoms with Crippen LogP contribution in [0.4, 0.5) is 0 Å². The fourth-order valence-corrected chi connectivity index (χ4v) is 1.63. The summed E-state index contributed by atoms with van der Waals surface area (Å²) in [7, 11) is 0. The van der Waals surface area contributed by atoms with Crippen LogP contribution in [0.25, 0.3) is 0 Å². The van der Waals surface area contributed by atoms with E-state index in [1.165, 1.54) is 0 Å². The maximum atomic E-state index is 11.6. The van der Waals surface area contributed by atoms with Crippen LogP contribution in [0.15, 0.2) is 24.3 Å². The van der Waals surface area contributed by atoms with Crippen LogP contribution in [-0.4, -0.2) is 25.7 Å². The van der Waals surface area contributed by atoms with E-state index < -0.39 is 0 Å². The SMILES string of the molecule is CCOCCCC(=O)NCc1ccc(C#CCN)cc1. The summed E-state index contributed by atoms with van der Waals surface area (Å²) >= 11 is 0. The molecule has 1 rings (SSSR count). The zero-order valence-electron chi connectivity index (χ0n) is 11.9. The van der Waals surface area contributed by atoms with Crippen LogP contribution >= 0.6 is 0 Å². The van der Waals surface area contributed by atoms with Gasteiger partial charge in [-0.05, 0) is 31.0 Å². The van der Waals surface area contributed by atoms with Crippen molar-refractivity contribution in [3.05, 3.63) is 35.4 Å². The maximum Gasteiger partial charge on any atom is 0.220 e. The summed E-state index contributed by atoms with van der Waals surface area (Å²) in [5.74, 6) is 5.82. The van der Waals surface area contributed by atoms with Gasteiger partial charge in [0.05, 0.1) is 6.54 Å². The predicted octanol–water partition coefficient (Wildman–Crippen LogP) is 1.43. The van der Waals surface area contributed by atoms with Gasteiger partial charge in [0, 0.05) is 31.7 Å². The lowest BCUT2D eigenvalue weighted by atomic mass is 10.1. The first-order valence-electron chi connectivity index (χ1n) is 6.88. The molecular weight excluding hydrogens is 252 g/mol. The second kappa shape index (κ2) is 10.0. The van der Waals surface area contributed by atoms with Gasteiger partial charge in [0.1, 0.15) is 0 Å². The molecule has 0 bridgehead atoms. The molecule has 0 aromatic heterocycles. The van der Waals surface area contributed by atoms with Crippen LogP contribution in [0.3, 0.4) is 0 Å². The predicted molar refractivity (Wildman–Crippen MR) is 79.9 cm³/mol. The molecule has 1 aromatic rings. The van der Waals surface area contributed by atoms with E-state index in [2.05, 4.69) is 17.2 Å². The van der Waals surface area contributed by atoms with E-state index in [1.807, 2.05) is 31.2 Å². The summed E-state index contributed by atoms with van der Waals surface area (Å²) in [6.45, 7) is 4.18. The highest BCUT2D eigenvalue weighted by Gasteiger charge is 2.01. The van der Waals surface area contributed by atoms with Crippen LogP contribution in [0, 0.1) is 11.8 Å². The third kappa shape index (κ3) is 6.93. The minimum absolute atomic E-state index is 0.0525. The number of amides is 1. The Kier molecular flexibility index (Phi) is 8.13. The summed E-state index contributed by atoms with van der Waals surface area (Å²) in [4.78, 5) is 11.6. The van der Waals surface area contributed by atoms with E-state index >= 15 is 0 Å². The average molecular weight is 274 g/mol. The number of rotatable bonds is 7. The molecule has 0 aliphatic heterocycles. The third-order valence-electron chi connectivity index (χ3n) is 2.68. The van der Waals surface area contributed by atoms with Crippen LogP contribution in [0.5, 0.6) is 0 Å². The first-order chi connectivity index (χ1) is 9.76. The Morgan fingerprint density at radius 1 is 1.35 bits per heavy atom. The van der Waals surface area contributed by atoms with Crippen molar-refractivity contribution in [1.29, 1.82) is 0 Å². The van der Waals surface area contributed by atoms with Gasteiger partial charge in [0.15, 0.2) is 0 Å². The Bertz CT molecular complexity index is 458. The summed E-state index contributed by atoms with van der Waals surface area (Å²) in [5.41, 5.74) is 7.31. The van der Waals surface area contributed by atoms with Crippen LogP contribution < -0.4 is 11.1 Å². The number of hydrogen-bond acceptors (Lipinski definition) is 3. The van der Waals surface area contributed by atoms with E-state index in [-0.39, 0.29) is 5.91 Å². The van der Waals surface area contributed by atoms with Gasteiger partial charge in [0.2, 0.25) is 5.91 Å². The van der Waals surface area contributed by atoms with Gasteiger partial charge in [0.25, 0.3) is 0 Å². The molecule has 20 heavy (non-hydrogen) atoms. The van der Waals surface area contributed by atoms with E-state index in [9.17, 15) is 4.79 Å². The molecule has 0 heterocycles. The van der Waals surface area contributed by atoms with E-state index in [0.29, 0.717) is 32.7 Å². The second-order valence-electron chi connectivity index (χ2n) is 4.28. The van der Waals surface area contributed by atoms with E-state index in [1.54, 1.807) is 0 Å². The molecule has 0 fully saturated rings.